The normalized spacial score (nSPS) is 12.7. The summed E-state index contributed by atoms with van der Waals surface area (Å²) < 4.78 is 39.4. The topological polar surface area (TPSA) is 26.0 Å². The minimum Gasteiger partial charge on any atom is -0.324 e. The fourth-order valence-electron chi connectivity index (χ4n) is 2.13. The SMILES string of the molecule is CCCCCCCCC(N)c1ccc(F)c(F)c1F. The van der Waals surface area contributed by atoms with Crippen LogP contribution in [0.2, 0.25) is 0 Å². The molecule has 19 heavy (non-hydrogen) atoms. The van der Waals surface area contributed by atoms with Crippen molar-refractivity contribution in [3.8, 4) is 0 Å². The van der Waals surface area contributed by atoms with Crippen molar-refractivity contribution in [3.05, 3.63) is 35.1 Å². The van der Waals surface area contributed by atoms with Crippen LogP contribution >= 0.6 is 0 Å². The second-order valence-electron chi connectivity index (χ2n) is 4.93. The van der Waals surface area contributed by atoms with E-state index in [0.29, 0.717) is 6.42 Å². The van der Waals surface area contributed by atoms with Crippen molar-refractivity contribution in [2.45, 2.75) is 57.9 Å². The first-order valence-electron chi connectivity index (χ1n) is 6.96. The zero-order chi connectivity index (χ0) is 14.3. The third-order valence-corrected chi connectivity index (χ3v) is 3.33. The van der Waals surface area contributed by atoms with Gasteiger partial charge in [0.1, 0.15) is 0 Å². The largest absolute Gasteiger partial charge is 0.324 e. The minimum atomic E-state index is -1.43. The molecule has 0 heterocycles. The highest BCUT2D eigenvalue weighted by atomic mass is 19.2. The summed E-state index contributed by atoms with van der Waals surface area (Å²) in [7, 11) is 0. The van der Waals surface area contributed by atoms with Gasteiger partial charge in [0.05, 0.1) is 0 Å². The molecule has 0 saturated carbocycles. The van der Waals surface area contributed by atoms with E-state index in [1.165, 1.54) is 25.3 Å². The van der Waals surface area contributed by atoms with Gasteiger partial charge in [0.15, 0.2) is 17.5 Å². The zero-order valence-corrected chi connectivity index (χ0v) is 11.4. The van der Waals surface area contributed by atoms with Crippen LogP contribution < -0.4 is 5.73 Å². The highest BCUT2D eigenvalue weighted by Crippen LogP contribution is 2.23. The average Bonchev–Trinajstić information content (AvgIpc) is 2.40. The summed E-state index contributed by atoms with van der Waals surface area (Å²) in [5.41, 5.74) is 5.89. The van der Waals surface area contributed by atoms with Gasteiger partial charge in [-0.25, -0.2) is 13.2 Å². The molecule has 0 aliphatic rings. The van der Waals surface area contributed by atoms with Crippen LogP contribution in [0, 0.1) is 17.5 Å². The van der Waals surface area contributed by atoms with Crippen LogP contribution in [-0.4, -0.2) is 0 Å². The minimum absolute atomic E-state index is 0.0625. The summed E-state index contributed by atoms with van der Waals surface area (Å²) in [6.07, 6.45) is 7.27. The maximum absolute atomic E-state index is 13.5. The van der Waals surface area contributed by atoms with E-state index in [4.69, 9.17) is 5.73 Å². The number of hydrogen-bond donors (Lipinski definition) is 1. The van der Waals surface area contributed by atoms with Crippen molar-refractivity contribution in [1.29, 1.82) is 0 Å². The van der Waals surface area contributed by atoms with E-state index in [2.05, 4.69) is 6.92 Å². The van der Waals surface area contributed by atoms with Crippen LogP contribution in [0.1, 0.15) is 63.5 Å². The summed E-state index contributed by atoms with van der Waals surface area (Å²) >= 11 is 0. The standard InChI is InChI=1S/C15H22F3N/c1-2-3-4-5-6-7-8-13(19)11-9-10-12(16)15(18)14(11)17/h9-10,13H,2-8,19H2,1H3. The number of nitrogens with two attached hydrogens (primary N) is 1. The van der Waals surface area contributed by atoms with Gasteiger partial charge >= 0.3 is 0 Å². The Labute approximate surface area is 113 Å². The van der Waals surface area contributed by atoms with Crippen molar-refractivity contribution in [2.24, 2.45) is 5.73 Å². The van der Waals surface area contributed by atoms with Crippen LogP contribution in [0.5, 0.6) is 0 Å². The predicted octanol–water partition coefficient (Wildman–Crippen LogP) is 4.85. The molecule has 1 aromatic rings. The molecule has 1 atom stereocenters. The molecule has 0 saturated heterocycles. The van der Waals surface area contributed by atoms with E-state index in [1.807, 2.05) is 0 Å². The molecule has 1 rings (SSSR count). The second kappa shape index (κ2) is 8.20. The molecule has 0 radical (unpaired) electrons. The summed E-state index contributed by atoms with van der Waals surface area (Å²) in [4.78, 5) is 0. The molecule has 1 aromatic carbocycles. The fourth-order valence-corrected chi connectivity index (χ4v) is 2.13. The van der Waals surface area contributed by atoms with Gasteiger partial charge in [0, 0.05) is 11.6 Å². The van der Waals surface area contributed by atoms with Gasteiger partial charge in [-0.3, -0.25) is 0 Å². The molecular weight excluding hydrogens is 251 g/mol. The molecule has 108 valence electrons. The first-order chi connectivity index (χ1) is 9.07. The molecule has 0 aromatic heterocycles. The third-order valence-electron chi connectivity index (χ3n) is 3.33. The lowest BCUT2D eigenvalue weighted by Crippen LogP contribution is -2.13. The molecule has 2 N–H and O–H groups in total. The molecule has 1 unspecified atom stereocenters. The van der Waals surface area contributed by atoms with Crippen LogP contribution in [0.25, 0.3) is 0 Å². The van der Waals surface area contributed by atoms with Gasteiger partial charge in [-0.2, -0.15) is 0 Å². The van der Waals surface area contributed by atoms with E-state index in [9.17, 15) is 13.2 Å². The molecule has 0 fully saturated rings. The van der Waals surface area contributed by atoms with E-state index >= 15 is 0 Å². The van der Waals surface area contributed by atoms with Crippen LogP contribution in [0.4, 0.5) is 13.2 Å². The van der Waals surface area contributed by atoms with Crippen LogP contribution in [-0.2, 0) is 0 Å². The number of halogens is 3. The average molecular weight is 273 g/mol. The summed E-state index contributed by atoms with van der Waals surface area (Å²) in [5.74, 6) is -3.76. The number of unbranched alkanes of at least 4 members (excludes halogenated alkanes) is 5. The summed E-state index contributed by atoms with van der Waals surface area (Å²) in [6, 6.07) is 1.59. The monoisotopic (exact) mass is 273 g/mol. The fraction of sp³-hybridized carbons (Fsp3) is 0.600. The lowest BCUT2D eigenvalue weighted by atomic mass is 9.99. The first kappa shape index (κ1) is 16.0. The Hall–Kier alpha value is -1.03. The maximum atomic E-state index is 13.5. The van der Waals surface area contributed by atoms with Crippen molar-refractivity contribution in [3.63, 3.8) is 0 Å². The molecule has 0 amide bonds. The van der Waals surface area contributed by atoms with E-state index in [-0.39, 0.29) is 5.56 Å². The molecule has 0 aliphatic carbocycles. The van der Waals surface area contributed by atoms with E-state index < -0.39 is 23.5 Å². The van der Waals surface area contributed by atoms with Crippen molar-refractivity contribution in [2.75, 3.05) is 0 Å². The van der Waals surface area contributed by atoms with Gasteiger partial charge in [-0.15, -0.1) is 0 Å². The summed E-state index contributed by atoms with van der Waals surface area (Å²) in [6.45, 7) is 2.15. The second-order valence-corrected chi connectivity index (χ2v) is 4.93. The Morgan fingerprint density at radius 1 is 0.947 bits per heavy atom. The number of hydrogen-bond acceptors (Lipinski definition) is 1. The Morgan fingerprint density at radius 3 is 2.26 bits per heavy atom. The Morgan fingerprint density at radius 2 is 1.58 bits per heavy atom. The predicted molar refractivity (Wildman–Crippen MR) is 71.2 cm³/mol. The van der Waals surface area contributed by atoms with Gasteiger partial charge in [0.25, 0.3) is 0 Å². The molecular formula is C15H22F3N. The number of benzene rings is 1. The quantitative estimate of drug-likeness (QED) is 0.531. The lowest BCUT2D eigenvalue weighted by molar-refractivity contribution is 0.430. The van der Waals surface area contributed by atoms with Crippen molar-refractivity contribution in [1.82, 2.24) is 0 Å². The van der Waals surface area contributed by atoms with Crippen LogP contribution in [0.3, 0.4) is 0 Å². The van der Waals surface area contributed by atoms with Gasteiger partial charge in [-0.1, -0.05) is 51.5 Å². The first-order valence-corrected chi connectivity index (χ1v) is 6.96. The molecule has 0 aliphatic heterocycles. The van der Waals surface area contributed by atoms with Gasteiger partial charge in [-0.05, 0) is 12.5 Å². The van der Waals surface area contributed by atoms with E-state index in [0.717, 1.165) is 25.3 Å². The maximum Gasteiger partial charge on any atom is 0.194 e. The molecule has 0 bridgehead atoms. The smallest absolute Gasteiger partial charge is 0.194 e. The molecule has 4 heteroatoms. The van der Waals surface area contributed by atoms with Crippen molar-refractivity contribution < 1.29 is 13.2 Å². The zero-order valence-electron chi connectivity index (χ0n) is 11.4. The van der Waals surface area contributed by atoms with Crippen LogP contribution in [0.15, 0.2) is 12.1 Å². The van der Waals surface area contributed by atoms with Gasteiger partial charge < -0.3 is 5.73 Å². The summed E-state index contributed by atoms with van der Waals surface area (Å²) in [5, 5.41) is 0. The molecule has 0 spiro atoms. The number of rotatable bonds is 8. The Balaban J connectivity index is 2.41. The molecule has 1 nitrogen and oxygen atoms in total. The highest BCUT2D eigenvalue weighted by molar-refractivity contribution is 5.23. The lowest BCUT2D eigenvalue weighted by Gasteiger charge is -2.13. The van der Waals surface area contributed by atoms with Crippen molar-refractivity contribution >= 4 is 0 Å². The van der Waals surface area contributed by atoms with Gasteiger partial charge in [0.2, 0.25) is 0 Å². The highest BCUT2D eigenvalue weighted by Gasteiger charge is 2.17. The third kappa shape index (κ3) is 4.86. The Kier molecular flexibility index (Phi) is 6.92. The Bertz CT molecular complexity index is 393. The van der Waals surface area contributed by atoms with E-state index in [1.54, 1.807) is 0 Å².